The third kappa shape index (κ3) is 2.63. The highest BCUT2D eigenvalue weighted by molar-refractivity contribution is 6.33. The topological polar surface area (TPSA) is 49.3 Å². The van der Waals surface area contributed by atoms with Crippen molar-refractivity contribution in [3.8, 4) is 0 Å². The fraction of sp³-hybridized carbons (Fsp3) is 0.188. The van der Waals surface area contributed by atoms with Crippen LogP contribution in [0.3, 0.4) is 0 Å². The molecule has 0 saturated heterocycles. The molecule has 104 valence electrons. The lowest BCUT2D eigenvalue weighted by Gasteiger charge is -2.29. The molecule has 0 fully saturated rings. The Morgan fingerprint density at radius 2 is 1.75 bits per heavy atom. The Morgan fingerprint density at radius 3 is 2.35 bits per heavy atom. The van der Waals surface area contributed by atoms with E-state index in [1.165, 1.54) is 0 Å². The number of hydrogen-bond acceptors (Lipinski definition) is 2. The Balaban J connectivity index is 2.49. The van der Waals surface area contributed by atoms with E-state index in [2.05, 4.69) is 5.32 Å². The molecule has 4 heteroatoms. The Morgan fingerprint density at radius 1 is 1.15 bits per heavy atom. The summed E-state index contributed by atoms with van der Waals surface area (Å²) in [6, 6.07) is 14.5. The maximum absolute atomic E-state index is 11.8. The number of benzene rings is 2. The van der Waals surface area contributed by atoms with E-state index in [-0.39, 0.29) is 0 Å². The monoisotopic (exact) mass is 289 g/mol. The number of aryl methyl sites for hydroxylation is 1. The molecule has 0 aromatic heterocycles. The van der Waals surface area contributed by atoms with E-state index in [9.17, 15) is 9.90 Å². The van der Waals surface area contributed by atoms with Crippen molar-refractivity contribution >= 4 is 23.3 Å². The summed E-state index contributed by atoms with van der Waals surface area (Å²) in [4.78, 5) is 11.8. The first-order valence-corrected chi connectivity index (χ1v) is 6.65. The molecule has 0 radical (unpaired) electrons. The molecule has 0 bridgehead atoms. The number of carbonyl (C=O) groups is 1. The summed E-state index contributed by atoms with van der Waals surface area (Å²) in [5.74, 6) is -0.952. The molecule has 0 amide bonds. The summed E-state index contributed by atoms with van der Waals surface area (Å²) in [5.41, 5.74) is 0.989. The van der Waals surface area contributed by atoms with Crippen molar-refractivity contribution in [2.24, 2.45) is 0 Å². The third-order valence-corrected chi connectivity index (χ3v) is 3.70. The summed E-state index contributed by atoms with van der Waals surface area (Å²) < 4.78 is 0. The molecule has 0 aliphatic heterocycles. The molecule has 2 rings (SSSR count). The largest absolute Gasteiger partial charge is 0.479 e. The van der Waals surface area contributed by atoms with Crippen LogP contribution >= 0.6 is 11.6 Å². The van der Waals surface area contributed by atoms with Crippen LogP contribution in [0.5, 0.6) is 0 Å². The van der Waals surface area contributed by atoms with Crippen molar-refractivity contribution in [1.29, 1.82) is 0 Å². The number of hydrogen-bond donors (Lipinski definition) is 2. The van der Waals surface area contributed by atoms with Crippen LogP contribution in [-0.4, -0.2) is 11.1 Å². The van der Waals surface area contributed by atoms with E-state index < -0.39 is 11.5 Å². The fourth-order valence-corrected chi connectivity index (χ4v) is 2.38. The van der Waals surface area contributed by atoms with Crippen LogP contribution in [0.25, 0.3) is 0 Å². The van der Waals surface area contributed by atoms with Gasteiger partial charge in [-0.15, -0.1) is 0 Å². The number of rotatable bonds is 4. The van der Waals surface area contributed by atoms with Gasteiger partial charge in [-0.2, -0.15) is 0 Å². The second-order valence-electron chi connectivity index (χ2n) is 4.85. The summed E-state index contributed by atoms with van der Waals surface area (Å²) >= 11 is 6.11. The Bertz CT molecular complexity index is 642. The van der Waals surface area contributed by atoms with Crippen LogP contribution in [0, 0.1) is 6.92 Å². The van der Waals surface area contributed by atoms with Gasteiger partial charge in [0, 0.05) is 0 Å². The SMILES string of the molecule is Cc1ccccc1C(C)(Nc1ccccc1Cl)C(=O)O. The lowest BCUT2D eigenvalue weighted by Crippen LogP contribution is -2.41. The molecule has 20 heavy (non-hydrogen) atoms. The number of aliphatic carboxylic acids is 1. The predicted molar refractivity (Wildman–Crippen MR) is 81.2 cm³/mol. The molecular formula is C16H16ClNO2. The van der Waals surface area contributed by atoms with E-state index in [0.29, 0.717) is 16.3 Å². The number of carboxylic acids is 1. The average molecular weight is 290 g/mol. The van der Waals surface area contributed by atoms with Crippen LogP contribution in [-0.2, 0) is 10.3 Å². The molecule has 1 unspecified atom stereocenters. The van der Waals surface area contributed by atoms with Crippen LogP contribution < -0.4 is 5.32 Å². The van der Waals surface area contributed by atoms with Crippen molar-refractivity contribution < 1.29 is 9.90 Å². The van der Waals surface area contributed by atoms with Gasteiger partial charge in [0.25, 0.3) is 0 Å². The van der Waals surface area contributed by atoms with Crippen molar-refractivity contribution in [2.45, 2.75) is 19.4 Å². The van der Waals surface area contributed by atoms with Crippen LogP contribution in [0.4, 0.5) is 5.69 Å². The van der Waals surface area contributed by atoms with Crippen LogP contribution in [0.15, 0.2) is 48.5 Å². The second kappa shape index (κ2) is 5.55. The normalized spacial score (nSPS) is 13.6. The fourth-order valence-electron chi connectivity index (χ4n) is 2.20. The van der Waals surface area contributed by atoms with Gasteiger partial charge >= 0.3 is 5.97 Å². The average Bonchev–Trinajstić information content (AvgIpc) is 2.41. The molecular weight excluding hydrogens is 274 g/mol. The first-order chi connectivity index (χ1) is 9.45. The Kier molecular flexibility index (Phi) is 4.00. The number of nitrogens with one attached hydrogen (secondary N) is 1. The standard InChI is InChI=1S/C16H16ClNO2/c1-11-7-3-4-8-12(11)16(2,15(19)20)18-14-10-6-5-9-13(14)17/h3-10,18H,1-2H3,(H,19,20). The van der Waals surface area contributed by atoms with Gasteiger partial charge in [-0.3, -0.25) is 0 Å². The maximum atomic E-state index is 11.8. The molecule has 0 aliphatic carbocycles. The van der Waals surface area contributed by atoms with Crippen LogP contribution in [0.1, 0.15) is 18.1 Å². The minimum Gasteiger partial charge on any atom is -0.479 e. The molecule has 0 aliphatic rings. The Hall–Kier alpha value is -2.00. The van der Waals surface area contributed by atoms with E-state index in [4.69, 9.17) is 11.6 Å². The first kappa shape index (κ1) is 14.4. The quantitative estimate of drug-likeness (QED) is 0.892. The highest BCUT2D eigenvalue weighted by atomic mass is 35.5. The van der Waals surface area contributed by atoms with Crippen LogP contribution in [0.2, 0.25) is 5.02 Å². The van der Waals surface area contributed by atoms with Gasteiger partial charge in [-0.05, 0) is 37.1 Å². The number of carboxylic acid groups (broad SMARTS) is 1. The van der Waals surface area contributed by atoms with Crippen molar-refractivity contribution in [3.63, 3.8) is 0 Å². The smallest absolute Gasteiger partial charge is 0.333 e. The van der Waals surface area contributed by atoms with Gasteiger partial charge in [0.05, 0.1) is 10.7 Å². The van der Waals surface area contributed by atoms with E-state index >= 15 is 0 Å². The molecule has 1 atom stereocenters. The molecule has 2 aromatic carbocycles. The van der Waals surface area contributed by atoms with Crippen molar-refractivity contribution in [2.75, 3.05) is 5.32 Å². The zero-order valence-electron chi connectivity index (χ0n) is 11.4. The highest BCUT2D eigenvalue weighted by Gasteiger charge is 2.36. The molecule has 0 spiro atoms. The lowest BCUT2D eigenvalue weighted by molar-refractivity contribution is -0.142. The number of halogens is 1. The van der Waals surface area contributed by atoms with E-state index in [1.807, 2.05) is 37.3 Å². The highest BCUT2D eigenvalue weighted by Crippen LogP contribution is 2.32. The van der Waals surface area contributed by atoms with E-state index in [1.54, 1.807) is 25.1 Å². The molecule has 2 N–H and O–H groups in total. The molecule has 0 heterocycles. The second-order valence-corrected chi connectivity index (χ2v) is 5.26. The summed E-state index contributed by atoms with van der Waals surface area (Å²) in [5, 5.41) is 13.2. The van der Waals surface area contributed by atoms with Gasteiger partial charge < -0.3 is 10.4 Å². The molecule has 2 aromatic rings. The minimum atomic E-state index is -1.24. The summed E-state index contributed by atoms with van der Waals surface area (Å²) in [7, 11) is 0. The van der Waals surface area contributed by atoms with Gasteiger partial charge in [0.2, 0.25) is 0 Å². The van der Waals surface area contributed by atoms with Gasteiger partial charge in [0.15, 0.2) is 5.54 Å². The lowest BCUT2D eigenvalue weighted by atomic mass is 9.88. The third-order valence-electron chi connectivity index (χ3n) is 3.37. The zero-order chi connectivity index (χ0) is 14.8. The van der Waals surface area contributed by atoms with Gasteiger partial charge in [0.1, 0.15) is 0 Å². The van der Waals surface area contributed by atoms with Crippen molar-refractivity contribution in [1.82, 2.24) is 0 Å². The van der Waals surface area contributed by atoms with Gasteiger partial charge in [-0.25, -0.2) is 4.79 Å². The zero-order valence-corrected chi connectivity index (χ0v) is 12.1. The number of anilines is 1. The Labute approximate surface area is 123 Å². The minimum absolute atomic E-state index is 0.494. The maximum Gasteiger partial charge on any atom is 0.333 e. The number of para-hydroxylation sites is 1. The summed E-state index contributed by atoms with van der Waals surface area (Å²) in [6.07, 6.45) is 0. The van der Waals surface area contributed by atoms with E-state index in [0.717, 1.165) is 5.56 Å². The van der Waals surface area contributed by atoms with Gasteiger partial charge in [-0.1, -0.05) is 48.0 Å². The first-order valence-electron chi connectivity index (χ1n) is 6.27. The molecule has 3 nitrogen and oxygen atoms in total. The van der Waals surface area contributed by atoms with Crippen molar-refractivity contribution in [3.05, 3.63) is 64.7 Å². The molecule has 0 saturated carbocycles. The predicted octanol–water partition coefficient (Wildman–Crippen LogP) is 4.06. The summed E-state index contributed by atoms with van der Waals surface area (Å²) in [6.45, 7) is 3.53.